The molecular weight excluding hydrogens is 204 g/mol. The van der Waals surface area contributed by atoms with E-state index in [0.717, 1.165) is 12.1 Å². The standard InChI is InChI=1S/C11H14N4O/c1-2-3-9(6-12)11(16)14-7-10-4-5-13-8-15-10/h4-5,8-9H,2-3,7H2,1H3,(H,14,16). The van der Waals surface area contributed by atoms with Crippen LogP contribution in [0.1, 0.15) is 25.5 Å². The number of aromatic nitrogens is 2. The van der Waals surface area contributed by atoms with Crippen LogP contribution in [-0.4, -0.2) is 15.9 Å². The topological polar surface area (TPSA) is 78.7 Å². The van der Waals surface area contributed by atoms with Crippen LogP contribution in [0.15, 0.2) is 18.6 Å². The van der Waals surface area contributed by atoms with E-state index in [-0.39, 0.29) is 5.91 Å². The minimum absolute atomic E-state index is 0.233. The maximum atomic E-state index is 11.6. The van der Waals surface area contributed by atoms with Crippen molar-refractivity contribution in [2.45, 2.75) is 26.3 Å². The Kier molecular flexibility index (Phi) is 4.93. The van der Waals surface area contributed by atoms with Gasteiger partial charge in [0.05, 0.1) is 18.3 Å². The summed E-state index contributed by atoms with van der Waals surface area (Å²) in [6.45, 7) is 2.28. The minimum Gasteiger partial charge on any atom is -0.349 e. The number of carbonyl (C=O) groups excluding carboxylic acids is 1. The van der Waals surface area contributed by atoms with Crippen LogP contribution in [0, 0.1) is 17.2 Å². The van der Waals surface area contributed by atoms with Crippen LogP contribution in [0.5, 0.6) is 0 Å². The fraction of sp³-hybridized carbons (Fsp3) is 0.455. The second-order valence-corrected chi connectivity index (χ2v) is 3.39. The first-order valence-corrected chi connectivity index (χ1v) is 5.20. The van der Waals surface area contributed by atoms with Crippen molar-refractivity contribution < 1.29 is 4.79 Å². The van der Waals surface area contributed by atoms with E-state index in [1.165, 1.54) is 6.33 Å². The zero-order chi connectivity index (χ0) is 11.8. The van der Waals surface area contributed by atoms with Gasteiger partial charge < -0.3 is 5.32 Å². The fourth-order valence-electron chi connectivity index (χ4n) is 1.27. The van der Waals surface area contributed by atoms with Gasteiger partial charge in [-0.1, -0.05) is 13.3 Å². The van der Waals surface area contributed by atoms with Crippen LogP contribution < -0.4 is 5.32 Å². The number of hydrogen-bond acceptors (Lipinski definition) is 4. The molecule has 0 aliphatic rings. The molecule has 84 valence electrons. The van der Waals surface area contributed by atoms with Gasteiger partial charge in [0, 0.05) is 6.20 Å². The molecule has 1 aromatic rings. The van der Waals surface area contributed by atoms with E-state index in [1.807, 2.05) is 13.0 Å². The quantitative estimate of drug-likeness (QED) is 0.800. The second-order valence-electron chi connectivity index (χ2n) is 3.39. The molecule has 1 amide bonds. The molecule has 0 aliphatic carbocycles. The van der Waals surface area contributed by atoms with Crippen LogP contribution in [0.3, 0.4) is 0 Å². The van der Waals surface area contributed by atoms with Crippen molar-refractivity contribution in [3.8, 4) is 6.07 Å². The summed E-state index contributed by atoms with van der Waals surface area (Å²) in [5, 5.41) is 11.5. The molecule has 0 radical (unpaired) electrons. The first kappa shape index (κ1) is 12.1. The molecule has 5 heteroatoms. The van der Waals surface area contributed by atoms with Gasteiger partial charge in [-0.2, -0.15) is 5.26 Å². The molecule has 5 nitrogen and oxygen atoms in total. The molecule has 1 heterocycles. The van der Waals surface area contributed by atoms with Crippen molar-refractivity contribution in [1.82, 2.24) is 15.3 Å². The summed E-state index contributed by atoms with van der Waals surface area (Å²) in [5.74, 6) is -0.796. The molecule has 0 bridgehead atoms. The Balaban J connectivity index is 2.44. The van der Waals surface area contributed by atoms with Gasteiger partial charge in [0.15, 0.2) is 0 Å². The van der Waals surface area contributed by atoms with Crippen molar-refractivity contribution in [1.29, 1.82) is 5.26 Å². The number of hydrogen-bond donors (Lipinski definition) is 1. The predicted molar refractivity (Wildman–Crippen MR) is 57.9 cm³/mol. The number of nitrogens with zero attached hydrogens (tertiary/aromatic N) is 3. The van der Waals surface area contributed by atoms with Crippen LogP contribution in [0.2, 0.25) is 0 Å². The van der Waals surface area contributed by atoms with Gasteiger partial charge in [-0.3, -0.25) is 4.79 Å². The van der Waals surface area contributed by atoms with Gasteiger partial charge in [-0.25, -0.2) is 9.97 Å². The van der Waals surface area contributed by atoms with Crippen molar-refractivity contribution in [3.05, 3.63) is 24.3 Å². The van der Waals surface area contributed by atoms with E-state index >= 15 is 0 Å². The number of nitriles is 1. The van der Waals surface area contributed by atoms with E-state index in [9.17, 15) is 4.79 Å². The summed E-state index contributed by atoms with van der Waals surface area (Å²) in [6.07, 6.45) is 4.45. The van der Waals surface area contributed by atoms with Crippen molar-refractivity contribution in [3.63, 3.8) is 0 Å². The molecule has 0 aromatic carbocycles. The summed E-state index contributed by atoms with van der Waals surface area (Å²) in [7, 11) is 0. The van der Waals surface area contributed by atoms with E-state index in [0.29, 0.717) is 13.0 Å². The average Bonchev–Trinajstić information content (AvgIpc) is 2.34. The lowest BCUT2D eigenvalue weighted by molar-refractivity contribution is -0.123. The third-order valence-corrected chi connectivity index (χ3v) is 2.14. The first-order valence-electron chi connectivity index (χ1n) is 5.20. The first-order chi connectivity index (χ1) is 7.77. The Hall–Kier alpha value is -1.96. The third-order valence-electron chi connectivity index (χ3n) is 2.14. The number of amides is 1. The van der Waals surface area contributed by atoms with Crippen LogP contribution in [-0.2, 0) is 11.3 Å². The highest BCUT2D eigenvalue weighted by Gasteiger charge is 2.15. The molecule has 0 fully saturated rings. The lowest BCUT2D eigenvalue weighted by atomic mass is 10.1. The normalized spacial score (nSPS) is 11.5. The predicted octanol–water partition coefficient (Wildman–Crippen LogP) is 1.03. The minimum atomic E-state index is -0.563. The molecule has 0 saturated heterocycles. The second kappa shape index (κ2) is 6.51. The van der Waals surface area contributed by atoms with Crippen molar-refractivity contribution in [2.75, 3.05) is 0 Å². The van der Waals surface area contributed by atoms with Crippen LogP contribution in [0.4, 0.5) is 0 Å². The largest absolute Gasteiger partial charge is 0.349 e. The zero-order valence-electron chi connectivity index (χ0n) is 9.18. The molecular formula is C11H14N4O. The number of carbonyl (C=O) groups is 1. The van der Waals surface area contributed by atoms with Gasteiger partial charge in [0.25, 0.3) is 0 Å². The molecule has 1 rings (SSSR count). The lowest BCUT2D eigenvalue weighted by Gasteiger charge is -2.08. The monoisotopic (exact) mass is 218 g/mol. The summed E-state index contributed by atoms with van der Waals surface area (Å²) < 4.78 is 0. The fourth-order valence-corrected chi connectivity index (χ4v) is 1.27. The van der Waals surface area contributed by atoms with E-state index in [4.69, 9.17) is 5.26 Å². The van der Waals surface area contributed by atoms with Crippen LogP contribution in [0.25, 0.3) is 0 Å². The van der Waals surface area contributed by atoms with Gasteiger partial charge in [0.1, 0.15) is 12.2 Å². The molecule has 1 atom stereocenters. The molecule has 0 aliphatic heterocycles. The van der Waals surface area contributed by atoms with E-state index < -0.39 is 5.92 Å². The van der Waals surface area contributed by atoms with Gasteiger partial charge >= 0.3 is 0 Å². The molecule has 1 N–H and O–H groups in total. The van der Waals surface area contributed by atoms with Gasteiger partial charge in [-0.05, 0) is 12.5 Å². The Morgan fingerprint density at radius 1 is 1.69 bits per heavy atom. The third kappa shape index (κ3) is 3.65. The SMILES string of the molecule is CCCC(C#N)C(=O)NCc1ccncn1. The Morgan fingerprint density at radius 3 is 3.06 bits per heavy atom. The average molecular weight is 218 g/mol. The van der Waals surface area contributed by atoms with E-state index in [1.54, 1.807) is 12.3 Å². The highest BCUT2D eigenvalue weighted by Crippen LogP contribution is 2.05. The summed E-state index contributed by atoms with van der Waals surface area (Å²) in [4.78, 5) is 19.3. The maximum Gasteiger partial charge on any atom is 0.237 e. The number of rotatable bonds is 5. The summed E-state index contributed by atoms with van der Waals surface area (Å²) in [6, 6.07) is 3.72. The Morgan fingerprint density at radius 2 is 2.50 bits per heavy atom. The maximum absolute atomic E-state index is 11.6. The van der Waals surface area contributed by atoms with Gasteiger partial charge in [0.2, 0.25) is 5.91 Å². The molecule has 1 unspecified atom stereocenters. The summed E-state index contributed by atoms with van der Waals surface area (Å²) >= 11 is 0. The highest BCUT2D eigenvalue weighted by atomic mass is 16.1. The van der Waals surface area contributed by atoms with Crippen molar-refractivity contribution in [2.24, 2.45) is 5.92 Å². The summed E-state index contributed by atoms with van der Waals surface area (Å²) in [5.41, 5.74) is 0.733. The van der Waals surface area contributed by atoms with Gasteiger partial charge in [-0.15, -0.1) is 0 Å². The van der Waals surface area contributed by atoms with E-state index in [2.05, 4.69) is 15.3 Å². The zero-order valence-corrected chi connectivity index (χ0v) is 9.18. The molecule has 1 aromatic heterocycles. The molecule has 16 heavy (non-hydrogen) atoms. The van der Waals surface area contributed by atoms with Crippen LogP contribution >= 0.6 is 0 Å². The Labute approximate surface area is 94.5 Å². The molecule has 0 spiro atoms. The van der Waals surface area contributed by atoms with Crippen molar-refractivity contribution >= 4 is 5.91 Å². The smallest absolute Gasteiger partial charge is 0.237 e. The lowest BCUT2D eigenvalue weighted by Crippen LogP contribution is -2.29. The number of nitrogens with one attached hydrogen (secondary N) is 1. The Bertz CT molecular complexity index is 371. The molecule has 0 saturated carbocycles. The highest BCUT2D eigenvalue weighted by molar-refractivity contribution is 5.80.